The molecule has 4 aliphatic carbocycles. The average Bonchev–Trinajstić information content (AvgIpc) is 2.58. The second-order valence-corrected chi connectivity index (χ2v) is 9.78. The number of rotatable bonds is 5. The zero-order valence-corrected chi connectivity index (χ0v) is 16.7. The van der Waals surface area contributed by atoms with Crippen LogP contribution < -0.4 is 11.0 Å². The second-order valence-electron chi connectivity index (χ2n) is 8.82. The summed E-state index contributed by atoms with van der Waals surface area (Å²) in [5.74, 6) is 2.68. The Morgan fingerprint density at radius 3 is 2.48 bits per heavy atom. The summed E-state index contributed by atoms with van der Waals surface area (Å²) in [4.78, 5) is 30.5. The average molecular weight is 387 g/mol. The molecule has 4 bridgehead atoms. The first-order valence-corrected chi connectivity index (χ1v) is 10.8. The summed E-state index contributed by atoms with van der Waals surface area (Å²) in [7, 11) is 0. The SMILES string of the molecule is Cc1[nH]c(=O)nc(SCC(=O)N[C@H](C)C23CC4CC(CC(C4)C2)C3)c1C#N. The molecule has 1 amide bonds. The van der Waals surface area contributed by atoms with Gasteiger partial charge in [-0.25, -0.2) is 4.79 Å². The van der Waals surface area contributed by atoms with Crippen molar-refractivity contribution in [3.63, 3.8) is 0 Å². The molecule has 2 N–H and O–H groups in total. The molecule has 6 nitrogen and oxygen atoms in total. The summed E-state index contributed by atoms with van der Waals surface area (Å²) >= 11 is 1.16. The van der Waals surface area contributed by atoms with Gasteiger partial charge in [0.15, 0.2) is 0 Å². The van der Waals surface area contributed by atoms with Gasteiger partial charge in [0, 0.05) is 11.7 Å². The van der Waals surface area contributed by atoms with Crippen LogP contribution in [0, 0.1) is 41.4 Å². The standard InChI is InChI=1S/C20H26N4O2S/c1-11-16(9-21)18(24-19(26)22-11)27-10-17(25)23-12(2)20-6-13-3-14(7-20)5-15(4-13)8-20/h12-15H,3-8,10H2,1-2H3,(H,23,25)(H,22,24,26)/t12-,13?,14?,15?,20?/m1/s1. The van der Waals surface area contributed by atoms with Crippen molar-refractivity contribution in [3.8, 4) is 6.07 Å². The van der Waals surface area contributed by atoms with Crippen molar-refractivity contribution in [1.82, 2.24) is 15.3 Å². The molecule has 4 aliphatic rings. The zero-order chi connectivity index (χ0) is 19.2. The van der Waals surface area contributed by atoms with E-state index in [4.69, 9.17) is 0 Å². The molecule has 0 aromatic carbocycles. The van der Waals surface area contributed by atoms with Gasteiger partial charge in [0.25, 0.3) is 0 Å². The summed E-state index contributed by atoms with van der Waals surface area (Å²) in [5, 5.41) is 12.8. The van der Waals surface area contributed by atoms with Crippen LogP contribution in [0.5, 0.6) is 0 Å². The Labute approximate surface area is 163 Å². The number of carbonyl (C=O) groups is 1. The fourth-order valence-electron chi connectivity index (χ4n) is 6.07. The molecule has 0 aliphatic heterocycles. The number of hydrogen-bond acceptors (Lipinski definition) is 5. The van der Waals surface area contributed by atoms with Gasteiger partial charge in [-0.05, 0) is 75.5 Å². The van der Waals surface area contributed by atoms with Gasteiger partial charge in [0.1, 0.15) is 16.7 Å². The minimum absolute atomic E-state index is 0.0492. The molecule has 0 saturated heterocycles. The molecule has 144 valence electrons. The lowest BCUT2D eigenvalue weighted by atomic mass is 9.48. The fraction of sp³-hybridized carbons (Fsp3) is 0.700. The summed E-state index contributed by atoms with van der Waals surface area (Å²) in [6.07, 6.45) is 7.92. The van der Waals surface area contributed by atoms with Crippen LogP contribution in [0.4, 0.5) is 0 Å². The third-order valence-electron chi connectivity index (χ3n) is 6.92. The van der Waals surface area contributed by atoms with Crippen molar-refractivity contribution in [2.45, 2.75) is 63.4 Å². The van der Waals surface area contributed by atoms with Crippen molar-refractivity contribution in [1.29, 1.82) is 5.26 Å². The van der Waals surface area contributed by atoms with Crippen LogP contribution >= 0.6 is 11.8 Å². The van der Waals surface area contributed by atoms with Crippen LogP contribution in [-0.2, 0) is 4.79 Å². The van der Waals surface area contributed by atoms with E-state index in [0.29, 0.717) is 16.3 Å². The molecular formula is C20H26N4O2S. The van der Waals surface area contributed by atoms with E-state index < -0.39 is 5.69 Å². The molecule has 7 heteroatoms. The van der Waals surface area contributed by atoms with Crippen molar-refractivity contribution in [2.75, 3.05) is 5.75 Å². The highest BCUT2D eigenvalue weighted by Crippen LogP contribution is 2.61. The first-order valence-electron chi connectivity index (χ1n) is 9.82. The predicted octanol–water partition coefficient (Wildman–Crippen LogP) is 2.76. The number of aromatic amines is 1. The Hall–Kier alpha value is -1.81. The van der Waals surface area contributed by atoms with Gasteiger partial charge >= 0.3 is 5.69 Å². The van der Waals surface area contributed by atoms with E-state index in [-0.39, 0.29) is 23.1 Å². The van der Waals surface area contributed by atoms with Crippen LogP contribution in [0.15, 0.2) is 9.82 Å². The number of carbonyl (C=O) groups excluding carboxylic acids is 1. The Kier molecular flexibility index (Phi) is 4.79. The maximum absolute atomic E-state index is 12.6. The summed E-state index contributed by atoms with van der Waals surface area (Å²) in [5.41, 5.74) is 0.603. The number of aromatic nitrogens is 2. The summed E-state index contributed by atoms with van der Waals surface area (Å²) in [6, 6.07) is 2.23. The Balaban J connectivity index is 1.39. The monoisotopic (exact) mass is 386 g/mol. The quantitative estimate of drug-likeness (QED) is 0.599. The summed E-state index contributed by atoms with van der Waals surface area (Å²) in [6.45, 7) is 3.83. The molecule has 1 atom stereocenters. The van der Waals surface area contributed by atoms with Crippen LogP contribution in [0.3, 0.4) is 0 Å². The number of H-pyrrole nitrogens is 1. The van der Waals surface area contributed by atoms with Crippen LogP contribution in [0.1, 0.15) is 56.7 Å². The topological polar surface area (TPSA) is 98.6 Å². The zero-order valence-electron chi connectivity index (χ0n) is 15.9. The molecular weight excluding hydrogens is 360 g/mol. The lowest BCUT2D eigenvalue weighted by molar-refractivity contribution is -0.123. The van der Waals surface area contributed by atoms with E-state index in [2.05, 4.69) is 28.3 Å². The molecule has 1 aromatic heterocycles. The molecule has 0 radical (unpaired) electrons. The highest BCUT2D eigenvalue weighted by atomic mass is 32.2. The predicted molar refractivity (Wildman–Crippen MR) is 103 cm³/mol. The van der Waals surface area contributed by atoms with E-state index in [1.165, 1.54) is 38.5 Å². The van der Waals surface area contributed by atoms with Gasteiger partial charge < -0.3 is 10.3 Å². The lowest BCUT2D eigenvalue weighted by Gasteiger charge is -2.59. The number of hydrogen-bond donors (Lipinski definition) is 2. The molecule has 0 spiro atoms. The van der Waals surface area contributed by atoms with E-state index in [1.807, 2.05) is 0 Å². The van der Waals surface area contributed by atoms with Crippen molar-refractivity contribution < 1.29 is 4.79 Å². The lowest BCUT2D eigenvalue weighted by Crippen LogP contribution is -2.56. The second kappa shape index (κ2) is 6.97. The van der Waals surface area contributed by atoms with Crippen molar-refractivity contribution in [3.05, 3.63) is 21.7 Å². The number of nitrogens with zero attached hydrogens (tertiary/aromatic N) is 2. The first kappa shape index (κ1) is 18.5. The fourth-order valence-corrected chi connectivity index (χ4v) is 6.92. The van der Waals surface area contributed by atoms with Gasteiger partial charge in [-0.3, -0.25) is 4.79 Å². The number of amides is 1. The van der Waals surface area contributed by atoms with Gasteiger partial charge in [-0.2, -0.15) is 10.2 Å². The normalized spacial score (nSPS) is 32.1. The number of nitrogens with one attached hydrogen (secondary N) is 2. The molecule has 1 heterocycles. The van der Waals surface area contributed by atoms with Gasteiger partial charge in [0.2, 0.25) is 5.91 Å². The van der Waals surface area contributed by atoms with Crippen molar-refractivity contribution in [2.24, 2.45) is 23.2 Å². The van der Waals surface area contributed by atoms with E-state index in [1.54, 1.807) is 6.92 Å². The Bertz CT molecular complexity index is 821. The largest absolute Gasteiger partial charge is 0.352 e. The van der Waals surface area contributed by atoms with Gasteiger partial charge in [-0.1, -0.05) is 11.8 Å². The van der Waals surface area contributed by atoms with Crippen molar-refractivity contribution >= 4 is 17.7 Å². The molecule has 5 rings (SSSR count). The smallest absolute Gasteiger partial charge is 0.346 e. The highest BCUT2D eigenvalue weighted by Gasteiger charge is 2.53. The first-order chi connectivity index (χ1) is 12.9. The summed E-state index contributed by atoms with van der Waals surface area (Å²) < 4.78 is 0. The molecule has 0 unspecified atom stereocenters. The maximum atomic E-state index is 12.6. The Morgan fingerprint density at radius 2 is 1.93 bits per heavy atom. The molecule has 27 heavy (non-hydrogen) atoms. The van der Waals surface area contributed by atoms with E-state index in [0.717, 1.165) is 29.5 Å². The van der Waals surface area contributed by atoms with E-state index in [9.17, 15) is 14.9 Å². The highest BCUT2D eigenvalue weighted by molar-refractivity contribution is 8.00. The third kappa shape index (κ3) is 3.52. The van der Waals surface area contributed by atoms with Crippen LogP contribution in [0.2, 0.25) is 0 Å². The third-order valence-corrected chi connectivity index (χ3v) is 7.90. The van der Waals surface area contributed by atoms with Gasteiger partial charge in [0.05, 0.1) is 5.75 Å². The van der Waals surface area contributed by atoms with E-state index >= 15 is 0 Å². The Morgan fingerprint density at radius 1 is 1.33 bits per heavy atom. The maximum Gasteiger partial charge on any atom is 0.346 e. The number of aryl methyl sites for hydroxylation is 1. The van der Waals surface area contributed by atoms with Gasteiger partial charge in [-0.15, -0.1) is 0 Å². The van der Waals surface area contributed by atoms with Crippen LogP contribution in [0.25, 0.3) is 0 Å². The molecule has 4 saturated carbocycles. The van der Waals surface area contributed by atoms with Crippen LogP contribution in [-0.4, -0.2) is 27.7 Å². The molecule has 4 fully saturated rings. The number of thioether (sulfide) groups is 1. The number of nitriles is 1. The molecule has 1 aromatic rings. The minimum atomic E-state index is -0.489. The minimum Gasteiger partial charge on any atom is -0.352 e.